The van der Waals surface area contributed by atoms with Gasteiger partial charge in [-0.15, -0.1) is 0 Å². The van der Waals surface area contributed by atoms with E-state index in [4.69, 9.17) is 4.74 Å². The fraction of sp³-hybridized carbons (Fsp3) is 0.176. The van der Waals surface area contributed by atoms with Gasteiger partial charge in [0, 0.05) is 11.8 Å². The van der Waals surface area contributed by atoms with Crippen LogP contribution in [0.2, 0.25) is 0 Å². The van der Waals surface area contributed by atoms with E-state index >= 15 is 0 Å². The highest BCUT2D eigenvalue weighted by Gasteiger charge is 2.31. The minimum atomic E-state index is -4.48. The molecule has 2 heterocycles. The van der Waals surface area contributed by atoms with E-state index in [2.05, 4.69) is 4.98 Å². The lowest BCUT2D eigenvalue weighted by molar-refractivity contribution is -0.137. The van der Waals surface area contributed by atoms with Crippen molar-refractivity contribution >= 4 is 5.65 Å². The number of ether oxygens (including phenoxy) is 1. The van der Waals surface area contributed by atoms with Crippen molar-refractivity contribution in [3.05, 3.63) is 53.3 Å². The Morgan fingerprint density at radius 1 is 1.21 bits per heavy atom. The Balaban J connectivity index is 2.22. The van der Waals surface area contributed by atoms with Gasteiger partial charge in [0.1, 0.15) is 23.2 Å². The van der Waals surface area contributed by atoms with E-state index in [1.807, 2.05) is 13.0 Å². The number of hydrogen-bond donors (Lipinski definition) is 0. The predicted molar refractivity (Wildman–Crippen MR) is 81.6 cm³/mol. The molecule has 3 aromatic rings. The number of aryl methyl sites for hydroxylation is 1. The van der Waals surface area contributed by atoms with Crippen LogP contribution in [0.3, 0.4) is 0 Å². The lowest BCUT2D eigenvalue weighted by atomic mass is 10.1. The smallest absolute Gasteiger partial charge is 0.417 e. The summed E-state index contributed by atoms with van der Waals surface area (Å²) in [6.45, 7) is 1.84. The van der Waals surface area contributed by atoms with Crippen molar-refractivity contribution in [3.8, 4) is 23.1 Å². The van der Waals surface area contributed by atoms with Gasteiger partial charge in [-0.2, -0.15) is 18.4 Å². The number of halogens is 3. The van der Waals surface area contributed by atoms with Gasteiger partial charge >= 0.3 is 6.18 Å². The highest BCUT2D eigenvalue weighted by molar-refractivity contribution is 5.71. The summed E-state index contributed by atoms with van der Waals surface area (Å²) in [4.78, 5) is 4.31. The van der Waals surface area contributed by atoms with Crippen LogP contribution in [0.25, 0.3) is 16.9 Å². The zero-order valence-corrected chi connectivity index (χ0v) is 12.8. The number of nitriles is 1. The summed E-state index contributed by atoms with van der Waals surface area (Å²) in [6.07, 6.45) is -3.59. The first-order valence-electron chi connectivity index (χ1n) is 6.99. The van der Waals surface area contributed by atoms with Crippen LogP contribution in [-0.2, 0) is 6.18 Å². The number of pyridine rings is 1. The van der Waals surface area contributed by atoms with Crippen molar-refractivity contribution in [2.24, 2.45) is 0 Å². The van der Waals surface area contributed by atoms with Crippen LogP contribution in [0, 0.1) is 18.3 Å². The van der Waals surface area contributed by atoms with Gasteiger partial charge in [-0.05, 0) is 42.8 Å². The number of rotatable bonds is 2. The number of hydrogen-bond acceptors (Lipinski definition) is 3. The Hall–Kier alpha value is -3.01. The number of imidazole rings is 1. The molecule has 0 aliphatic carbocycles. The topological polar surface area (TPSA) is 50.3 Å². The summed E-state index contributed by atoms with van der Waals surface area (Å²) in [6, 6.07) is 9.39. The van der Waals surface area contributed by atoms with Gasteiger partial charge in [0.05, 0.1) is 12.7 Å². The zero-order valence-electron chi connectivity index (χ0n) is 12.8. The lowest BCUT2D eigenvalue weighted by Crippen LogP contribution is -2.06. The fourth-order valence-electron chi connectivity index (χ4n) is 2.55. The molecule has 0 bridgehead atoms. The van der Waals surface area contributed by atoms with Crippen molar-refractivity contribution in [1.82, 2.24) is 9.38 Å². The molecule has 0 spiro atoms. The van der Waals surface area contributed by atoms with E-state index < -0.39 is 11.7 Å². The summed E-state index contributed by atoms with van der Waals surface area (Å²) in [5, 5.41) is 9.41. The Kier molecular flexibility index (Phi) is 3.68. The Labute approximate surface area is 135 Å². The van der Waals surface area contributed by atoms with E-state index in [-0.39, 0.29) is 11.3 Å². The second-order valence-electron chi connectivity index (χ2n) is 5.25. The number of nitrogens with zero attached hydrogens (tertiary/aromatic N) is 3. The van der Waals surface area contributed by atoms with Gasteiger partial charge in [-0.3, -0.25) is 4.40 Å². The molecule has 0 saturated heterocycles. The third kappa shape index (κ3) is 2.56. The Morgan fingerprint density at radius 2 is 1.96 bits per heavy atom. The van der Waals surface area contributed by atoms with Gasteiger partial charge < -0.3 is 4.74 Å². The molecule has 0 fully saturated rings. The molecule has 0 unspecified atom stereocenters. The maximum Gasteiger partial charge on any atom is 0.417 e. The zero-order chi connectivity index (χ0) is 17.5. The minimum Gasteiger partial charge on any atom is -0.496 e. The summed E-state index contributed by atoms with van der Waals surface area (Å²) < 4.78 is 45.0. The van der Waals surface area contributed by atoms with Crippen LogP contribution in [0.5, 0.6) is 5.75 Å². The van der Waals surface area contributed by atoms with Gasteiger partial charge in [-0.25, -0.2) is 4.98 Å². The van der Waals surface area contributed by atoms with Crippen molar-refractivity contribution in [1.29, 1.82) is 5.26 Å². The SMILES string of the molecule is COc1ccc(-c2nc3ccc(C(F)(F)F)cn3c2C#N)cc1C. The van der Waals surface area contributed by atoms with E-state index in [1.54, 1.807) is 25.3 Å². The molecule has 2 aromatic heterocycles. The normalized spacial score (nSPS) is 11.5. The monoisotopic (exact) mass is 331 g/mol. The molecule has 24 heavy (non-hydrogen) atoms. The van der Waals surface area contributed by atoms with Crippen molar-refractivity contribution in [2.45, 2.75) is 13.1 Å². The number of alkyl halides is 3. The average Bonchev–Trinajstić information content (AvgIpc) is 2.91. The summed E-state index contributed by atoms with van der Waals surface area (Å²) in [7, 11) is 1.55. The molecule has 0 saturated carbocycles. The highest BCUT2D eigenvalue weighted by Crippen LogP contribution is 2.32. The molecule has 4 nitrogen and oxygen atoms in total. The molecule has 7 heteroatoms. The predicted octanol–water partition coefficient (Wildman–Crippen LogP) is 4.21. The van der Waals surface area contributed by atoms with Crippen molar-refractivity contribution in [3.63, 3.8) is 0 Å². The van der Waals surface area contributed by atoms with Gasteiger partial charge in [0.15, 0.2) is 5.69 Å². The molecule has 0 aliphatic rings. The Morgan fingerprint density at radius 3 is 2.54 bits per heavy atom. The van der Waals surface area contributed by atoms with Crippen molar-refractivity contribution < 1.29 is 17.9 Å². The largest absolute Gasteiger partial charge is 0.496 e. The molecule has 0 atom stereocenters. The first kappa shape index (κ1) is 15.9. The third-order valence-electron chi connectivity index (χ3n) is 3.72. The van der Waals surface area contributed by atoms with E-state index in [0.29, 0.717) is 17.0 Å². The molecule has 0 N–H and O–H groups in total. The second kappa shape index (κ2) is 5.57. The molecule has 0 radical (unpaired) electrons. The fourth-order valence-corrected chi connectivity index (χ4v) is 2.55. The first-order chi connectivity index (χ1) is 11.3. The third-order valence-corrected chi connectivity index (χ3v) is 3.72. The molecule has 122 valence electrons. The van der Waals surface area contributed by atoms with E-state index in [9.17, 15) is 18.4 Å². The molecule has 0 aliphatic heterocycles. The maximum absolute atomic E-state index is 12.9. The molecule has 3 rings (SSSR count). The molecular weight excluding hydrogens is 319 g/mol. The quantitative estimate of drug-likeness (QED) is 0.707. The van der Waals surface area contributed by atoms with Crippen LogP contribution >= 0.6 is 0 Å². The number of aromatic nitrogens is 2. The van der Waals surface area contributed by atoms with E-state index in [1.165, 1.54) is 6.07 Å². The van der Waals surface area contributed by atoms with Crippen LogP contribution in [-0.4, -0.2) is 16.5 Å². The minimum absolute atomic E-state index is 0.0562. The summed E-state index contributed by atoms with van der Waals surface area (Å²) in [5.41, 5.74) is 1.32. The molecule has 1 aromatic carbocycles. The maximum atomic E-state index is 12.9. The van der Waals surface area contributed by atoms with Gasteiger partial charge in [0.2, 0.25) is 0 Å². The number of methoxy groups -OCH3 is 1. The first-order valence-corrected chi connectivity index (χ1v) is 6.99. The van der Waals surface area contributed by atoms with Crippen LogP contribution < -0.4 is 4.74 Å². The van der Waals surface area contributed by atoms with Crippen LogP contribution in [0.15, 0.2) is 36.5 Å². The van der Waals surface area contributed by atoms with E-state index in [0.717, 1.165) is 22.2 Å². The molecular formula is C17H12F3N3O. The summed E-state index contributed by atoms with van der Waals surface area (Å²) >= 11 is 0. The highest BCUT2D eigenvalue weighted by atomic mass is 19.4. The number of benzene rings is 1. The molecule has 0 amide bonds. The van der Waals surface area contributed by atoms with Gasteiger partial charge in [-0.1, -0.05) is 0 Å². The average molecular weight is 331 g/mol. The second-order valence-corrected chi connectivity index (χ2v) is 5.25. The Bertz CT molecular complexity index is 968. The lowest BCUT2D eigenvalue weighted by Gasteiger charge is -2.07. The van der Waals surface area contributed by atoms with Crippen molar-refractivity contribution in [2.75, 3.05) is 7.11 Å². The van der Waals surface area contributed by atoms with Crippen LogP contribution in [0.1, 0.15) is 16.8 Å². The number of fused-ring (bicyclic) bond motifs is 1. The standard InChI is InChI=1S/C17H12F3N3O/c1-10-7-11(3-5-14(10)24-2)16-13(8-21)23-9-12(17(18,19)20)4-6-15(23)22-16/h3-7,9H,1-2H3. The van der Waals surface area contributed by atoms with Gasteiger partial charge in [0.25, 0.3) is 0 Å². The summed E-state index contributed by atoms with van der Waals surface area (Å²) in [5.74, 6) is 0.681. The van der Waals surface area contributed by atoms with Crippen LogP contribution in [0.4, 0.5) is 13.2 Å².